The van der Waals surface area contributed by atoms with Gasteiger partial charge in [-0.15, -0.1) is 68.0 Å². The van der Waals surface area contributed by atoms with Crippen molar-refractivity contribution in [2.24, 2.45) is 0 Å². The van der Waals surface area contributed by atoms with Crippen molar-refractivity contribution >= 4 is 88.5 Å². The van der Waals surface area contributed by atoms with Crippen LogP contribution >= 0.6 is 68.0 Å². The minimum Gasteiger partial charge on any atom is -0.306 e. The summed E-state index contributed by atoms with van der Waals surface area (Å²) in [6.07, 6.45) is 0. The van der Waals surface area contributed by atoms with Crippen LogP contribution in [0, 0.1) is 55.4 Å². The maximum Gasteiger partial charge on any atom is 0.0743 e. The maximum atomic E-state index is 2.62. The van der Waals surface area contributed by atoms with E-state index in [1.807, 2.05) is 68.0 Å². The van der Waals surface area contributed by atoms with Crippen LogP contribution in [0.15, 0.2) is 54.6 Å². The predicted octanol–water partition coefficient (Wildman–Crippen LogP) is 14.3. The molecule has 0 saturated heterocycles. The fraction of sp³-hybridized carbons (Fsp3) is 0.211. The Hall–Kier alpha value is -2.78. The van der Waals surface area contributed by atoms with Crippen LogP contribution in [0.5, 0.6) is 0 Å². The topological polar surface area (TPSA) is 4.93 Å². The van der Waals surface area contributed by atoms with E-state index in [1.165, 1.54) is 108 Å². The summed E-state index contributed by atoms with van der Waals surface area (Å²) in [5, 5.41) is 0. The van der Waals surface area contributed by atoms with Crippen LogP contribution in [0.3, 0.4) is 0 Å². The lowest BCUT2D eigenvalue weighted by Gasteiger charge is -2.13. The predicted molar refractivity (Wildman–Crippen MR) is 208 cm³/mol. The van der Waals surface area contributed by atoms with Gasteiger partial charge in [0.15, 0.2) is 0 Å². The molecule has 0 aliphatic carbocycles. The quantitative estimate of drug-likeness (QED) is 0.169. The van der Waals surface area contributed by atoms with Crippen LogP contribution in [0.2, 0.25) is 0 Å². The first-order chi connectivity index (χ1) is 21.6. The first-order valence-corrected chi connectivity index (χ1v) is 20.0. The molecule has 0 aliphatic heterocycles. The molecule has 8 aromatic rings. The Morgan fingerprint density at radius 3 is 1.11 bits per heavy atom. The van der Waals surface area contributed by atoms with Gasteiger partial charge in [-0.3, -0.25) is 0 Å². The maximum absolute atomic E-state index is 2.62. The summed E-state index contributed by atoms with van der Waals surface area (Å²) in [5.74, 6) is 0. The smallest absolute Gasteiger partial charge is 0.0743 e. The number of thiophene rings is 6. The second-order valence-corrected chi connectivity index (χ2v) is 19.8. The Balaban J connectivity index is 1.62. The van der Waals surface area contributed by atoms with Crippen molar-refractivity contribution < 1.29 is 0 Å². The van der Waals surface area contributed by atoms with Gasteiger partial charge < -0.3 is 4.57 Å². The minimum atomic E-state index is 1.22. The zero-order chi connectivity index (χ0) is 31.3. The first kappa shape index (κ1) is 29.6. The third-order valence-corrected chi connectivity index (χ3v) is 15.1. The largest absolute Gasteiger partial charge is 0.306 e. The van der Waals surface area contributed by atoms with Gasteiger partial charge in [0.05, 0.1) is 20.4 Å². The third kappa shape index (κ3) is 4.61. The molecule has 0 aliphatic rings. The van der Waals surface area contributed by atoms with E-state index in [0.29, 0.717) is 0 Å². The zero-order valence-corrected chi connectivity index (χ0v) is 31.5. The van der Waals surface area contributed by atoms with Crippen LogP contribution in [0.25, 0.3) is 69.3 Å². The number of hydrogen-bond donors (Lipinski definition) is 0. The number of nitrogens with zero attached hydrogens (tertiary/aromatic N) is 1. The second kappa shape index (κ2) is 10.9. The number of rotatable bonds is 5. The van der Waals surface area contributed by atoms with Crippen molar-refractivity contribution in [2.75, 3.05) is 0 Å². The van der Waals surface area contributed by atoms with Crippen LogP contribution in [-0.4, -0.2) is 4.57 Å². The van der Waals surface area contributed by atoms with Crippen LogP contribution in [0.4, 0.5) is 0 Å². The summed E-state index contributed by atoms with van der Waals surface area (Å²) >= 11 is 11.6. The summed E-state index contributed by atoms with van der Waals surface area (Å²) in [7, 11) is 0. The molecule has 0 radical (unpaired) electrons. The monoisotopic (exact) mass is 695 g/mol. The molecule has 7 heterocycles. The average Bonchev–Trinajstić information content (AvgIpc) is 3.83. The highest BCUT2D eigenvalue weighted by molar-refractivity contribution is 7.31. The number of benzene rings is 1. The van der Waals surface area contributed by atoms with Gasteiger partial charge in [-0.25, -0.2) is 0 Å². The van der Waals surface area contributed by atoms with Crippen molar-refractivity contribution in [1.29, 1.82) is 0 Å². The molecule has 1 nitrogen and oxygen atoms in total. The molecular formula is C38H33NS6. The summed E-state index contributed by atoms with van der Waals surface area (Å²) in [6, 6.07) is 20.8. The Morgan fingerprint density at radius 1 is 0.422 bits per heavy atom. The number of aryl methyl sites for hydroxylation is 8. The molecule has 0 fully saturated rings. The minimum absolute atomic E-state index is 1.22. The van der Waals surface area contributed by atoms with E-state index in [-0.39, 0.29) is 0 Å². The van der Waals surface area contributed by atoms with E-state index < -0.39 is 0 Å². The first-order valence-electron chi connectivity index (χ1n) is 15.1. The van der Waals surface area contributed by atoms with Crippen LogP contribution in [0.1, 0.15) is 39.0 Å². The van der Waals surface area contributed by atoms with Gasteiger partial charge in [-0.2, -0.15) is 0 Å². The summed E-state index contributed by atoms with van der Waals surface area (Å²) < 4.78 is 5.42. The highest BCUT2D eigenvalue weighted by Crippen LogP contribution is 2.58. The molecule has 0 saturated carbocycles. The molecule has 0 amide bonds. The summed E-state index contributed by atoms with van der Waals surface area (Å²) in [4.78, 5) is 13.8. The van der Waals surface area contributed by atoms with Gasteiger partial charge in [0, 0.05) is 76.7 Å². The molecular weight excluding hydrogens is 663 g/mol. The zero-order valence-electron chi connectivity index (χ0n) is 26.6. The van der Waals surface area contributed by atoms with E-state index in [1.54, 1.807) is 0 Å². The lowest BCUT2D eigenvalue weighted by Crippen LogP contribution is -1.96. The Labute approximate surface area is 288 Å². The fourth-order valence-electron chi connectivity index (χ4n) is 6.88. The summed E-state index contributed by atoms with van der Waals surface area (Å²) in [5.41, 5.74) is 12.2. The van der Waals surface area contributed by atoms with E-state index in [0.717, 1.165) is 0 Å². The molecule has 1 aromatic carbocycles. The number of fused-ring (bicyclic) bond motifs is 3. The van der Waals surface area contributed by atoms with Crippen molar-refractivity contribution in [2.45, 2.75) is 55.4 Å². The highest BCUT2D eigenvalue weighted by Gasteiger charge is 2.31. The third-order valence-electron chi connectivity index (χ3n) is 8.63. The number of para-hydroxylation sites is 1. The van der Waals surface area contributed by atoms with Crippen molar-refractivity contribution in [3.05, 3.63) is 93.6 Å². The molecule has 0 atom stereocenters. The van der Waals surface area contributed by atoms with Gasteiger partial charge in [-0.1, -0.05) is 18.2 Å². The molecule has 45 heavy (non-hydrogen) atoms. The average molecular weight is 696 g/mol. The van der Waals surface area contributed by atoms with Crippen molar-refractivity contribution in [3.8, 4) is 48.8 Å². The van der Waals surface area contributed by atoms with E-state index >= 15 is 0 Å². The van der Waals surface area contributed by atoms with E-state index in [2.05, 4.69) is 115 Å². The molecule has 226 valence electrons. The SMILES string of the molecule is Cc1cc(-c2sc3c4sc(-c5cc(C)sc5C)c(-c5cc(C)sc5C)c4n(-c4ccccc4)c3c2-c2cc(C)sc2C)c(C)s1. The van der Waals surface area contributed by atoms with E-state index in [9.17, 15) is 0 Å². The molecule has 7 heteroatoms. The molecule has 0 spiro atoms. The normalized spacial score (nSPS) is 12.0. The summed E-state index contributed by atoms with van der Waals surface area (Å²) in [6.45, 7) is 18.2. The molecule has 0 unspecified atom stereocenters. The lowest BCUT2D eigenvalue weighted by molar-refractivity contribution is 1.19. The second-order valence-electron chi connectivity index (χ2n) is 11.9. The van der Waals surface area contributed by atoms with Gasteiger partial charge in [0.25, 0.3) is 0 Å². The van der Waals surface area contributed by atoms with Gasteiger partial charge >= 0.3 is 0 Å². The van der Waals surface area contributed by atoms with Gasteiger partial charge in [0.1, 0.15) is 0 Å². The highest BCUT2D eigenvalue weighted by atomic mass is 32.1. The number of hydrogen-bond acceptors (Lipinski definition) is 6. The van der Waals surface area contributed by atoms with Crippen molar-refractivity contribution in [1.82, 2.24) is 4.57 Å². The Kier molecular flexibility index (Phi) is 7.17. The van der Waals surface area contributed by atoms with Crippen LogP contribution < -0.4 is 0 Å². The molecule has 8 rings (SSSR count). The fourth-order valence-corrected chi connectivity index (χ4v) is 13.6. The van der Waals surface area contributed by atoms with Crippen LogP contribution in [-0.2, 0) is 0 Å². The molecule has 0 bridgehead atoms. The Morgan fingerprint density at radius 2 is 0.778 bits per heavy atom. The van der Waals surface area contributed by atoms with Gasteiger partial charge in [-0.05, 0) is 103 Å². The Bertz CT molecular complexity index is 2260. The van der Waals surface area contributed by atoms with Crippen molar-refractivity contribution in [3.63, 3.8) is 0 Å². The lowest BCUT2D eigenvalue weighted by atomic mass is 10.0. The standard InChI is InChI=1S/C38H33NS6/c1-18-14-27(22(5)40-18)31-33-37(44-35(31)29-16-20(3)42-24(29)7)38-34(39(33)26-12-10-9-11-13-26)32(28-15-19(2)41-23(28)6)36(45-38)30-17-21(4)43-25(30)8/h9-17H,1-8H3. The van der Waals surface area contributed by atoms with E-state index in [4.69, 9.17) is 0 Å². The number of aromatic nitrogens is 1. The van der Waals surface area contributed by atoms with Gasteiger partial charge in [0.2, 0.25) is 0 Å². The molecule has 0 N–H and O–H groups in total. The molecule has 7 aromatic heterocycles.